The Hall–Kier alpha value is -1.50. The first-order chi connectivity index (χ1) is 8.85. The van der Waals surface area contributed by atoms with E-state index in [2.05, 4.69) is 6.07 Å². The van der Waals surface area contributed by atoms with Gasteiger partial charge in [-0.2, -0.15) is 5.26 Å². The van der Waals surface area contributed by atoms with E-state index in [4.69, 9.17) is 21.6 Å². The first-order valence-corrected chi connectivity index (χ1v) is 7.01. The molecule has 0 aliphatic carbocycles. The lowest BCUT2D eigenvalue weighted by molar-refractivity contribution is 0.205. The molecule has 1 unspecified atom stereocenters. The van der Waals surface area contributed by atoms with Gasteiger partial charge in [-0.25, -0.2) is 0 Å². The van der Waals surface area contributed by atoms with Gasteiger partial charge in [0.2, 0.25) is 0 Å². The summed E-state index contributed by atoms with van der Waals surface area (Å²) in [6, 6.07) is 13.4. The van der Waals surface area contributed by atoms with E-state index < -0.39 is 0 Å². The average Bonchev–Trinajstić information content (AvgIpc) is 2.92. The molecule has 18 heavy (non-hydrogen) atoms. The summed E-state index contributed by atoms with van der Waals surface area (Å²) in [7, 11) is 0. The lowest BCUT2D eigenvalue weighted by Gasteiger charge is -2.17. The van der Waals surface area contributed by atoms with E-state index in [1.807, 2.05) is 35.7 Å². The quantitative estimate of drug-likeness (QED) is 0.760. The summed E-state index contributed by atoms with van der Waals surface area (Å²) < 4.78 is 5.92. The van der Waals surface area contributed by atoms with Gasteiger partial charge in [0, 0.05) is 17.2 Å². The fourth-order valence-electron chi connectivity index (χ4n) is 1.65. The Bertz CT molecular complexity index is 533. The molecule has 0 N–H and O–H groups in total. The number of nitrogens with zero attached hydrogens (tertiary/aromatic N) is 1. The molecule has 0 amide bonds. The van der Waals surface area contributed by atoms with Crippen molar-refractivity contribution in [2.75, 3.05) is 5.88 Å². The van der Waals surface area contributed by atoms with Gasteiger partial charge in [0.15, 0.2) is 0 Å². The number of hydrogen-bond acceptors (Lipinski definition) is 3. The highest BCUT2D eigenvalue weighted by Gasteiger charge is 2.15. The monoisotopic (exact) mass is 277 g/mol. The number of alkyl halides is 1. The van der Waals surface area contributed by atoms with Gasteiger partial charge in [-0.05, 0) is 23.6 Å². The molecule has 1 heterocycles. The number of benzene rings is 1. The van der Waals surface area contributed by atoms with Crippen molar-refractivity contribution in [2.24, 2.45) is 0 Å². The van der Waals surface area contributed by atoms with Crippen molar-refractivity contribution < 1.29 is 4.74 Å². The summed E-state index contributed by atoms with van der Waals surface area (Å²) in [5, 5.41) is 11.0. The van der Waals surface area contributed by atoms with E-state index in [1.54, 1.807) is 17.4 Å². The molecule has 0 radical (unpaired) electrons. The molecule has 92 valence electrons. The van der Waals surface area contributed by atoms with Gasteiger partial charge < -0.3 is 4.74 Å². The van der Waals surface area contributed by atoms with E-state index in [0.29, 0.717) is 17.2 Å². The van der Waals surface area contributed by atoms with E-state index >= 15 is 0 Å². The predicted octanol–water partition coefficient (Wildman–Crippen LogP) is 4.37. The number of ether oxygens (including phenoxy) is 1. The summed E-state index contributed by atoms with van der Waals surface area (Å²) in [5.74, 6) is 1.14. The van der Waals surface area contributed by atoms with Crippen LogP contribution in [0.25, 0.3) is 0 Å². The molecule has 0 aliphatic rings. The molecule has 4 heteroatoms. The molecule has 2 rings (SSSR count). The minimum absolute atomic E-state index is 0.0861. The highest BCUT2D eigenvalue weighted by atomic mass is 35.5. The molecular formula is C14H12ClNOS. The van der Waals surface area contributed by atoms with Gasteiger partial charge in [-0.1, -0.05) is 18.2 Å². The second-order valence-electron chi connectivity index (χ2n) is 3.71. The van der Waals surface area contributed by atoms with Crippen molar-refractivity contribution in [3.8, 4) is 11.8 Å². The zero-order valence-corrected chi connectivity index (χ0v) is 11.2. The lowest BCUT2D eigenvalue weighted by Crippen LogP contribution is -2.07. The first kappa shape index (κ1) is 12.9. The Morgan fingerprint density at radius 1 is 1.28 bits per heavy atom. The Morgan fingerprint density at radius 3 is 2.78 bits per heavy atom. The number of rotatable bonds is 5. The van der Waals surface area contributed by atoms with Gasteiger partial charge in [-0.3, -0.25) is 0 Å². The van der Waals surface area contributed by atoms with Gasteiger partial charge in [-0.15, -0.1) is 22.9 Å². The van der Waals surface area contributed by atoms with Crippen LogP contribution in [0.2, 0.25) is 0 Å². The summed E-state index contributed by atoms with van der Waals surface area (Å²) in [4.78, 5) is 1.13. The summed E-state index contributed by atoms with van der Waals surface area (Å²) in [6.07, 6.45) is 0.638. The molecule has 0 spiro atoms. The van der Waals surface area contributed by atoms with E-state index in [0.717, 1.165) is 11.3 Å². The SMILES string of the molecule is N#Cc1ccccc1OC(CCCl)c1cccs1. The van der Waals surface area contributed by atoms with Crippen molar-refractivity contribution in [1.82, 2.24) is 0 Å². The number of para-hydroxylation sites is 1. The van der Waals surface area contributed by atoms with Crippen LogP contribution >= 0.6 is 22.9 Å². The lowest BCUT2D eigenvalue weighted by atomic mass is 10.2. The maximum absolute atomic E-state index is 9.04. The zero-order valence-electron chi connectivity index (χ0n) is 9.67. The van der Waals surface area contributed by atoms with Crippen LogP contribution in [0.1, 0.15) is 23.0 Å². The number of hydrogen-bond donors (Lipinski definition) is 0. The van der Waals surface area contributed by atoms with Gasteiger partial charge in [0.25, 0.3) is 0 Å². The fraction of sp³-hybridized carbons (Fsp3) is 0.214. The normalized spacial score (nSPS) is 11.8. The van der Waals surface area contributed by atoms with Gasteiger partial charge >= 0.3 is 0 Å². The third-order valence-corrected chi connectivity index (χ3v) is 3.69. The topological polar surface area (TPSA) is 33.0 Å². The third kappa shape index (κ3) is 3.04. The Labute approximate surface area is 115 Å². The van der Waals surface area contributed by atoms with Crippen LogP contribution in [-0.2, 0) is 0 Å². The van der Waals surface area contributed by atoms with Crippen LogP contribution < -0.4 is 4.74 Å². The van der Waals surface area contributed by atoms with Crippen molar-refractivity contribution >= 4 is 22.9 Å². The van der Waals surface area contributed by atoms with Gasteiger partial charge in [0.05, 0.1) is 5.56 Å². The largest absolute Gasteiger partial charge is 0.483 e. The molecule has 1 aromatic heterocycles. The number of thiophene rings is 1. The smallest absolute Gasteiger partial charge is 0.138 e. The van der Waals surface area contributed by atoms with Crippen LogP contribution in [0.4, 0.5) is 0 Å². The second-order valence-corrected chi connectivity index (χ2v) is 5.06. The molecular weight excluding hydrogens is 266 g/mol. The molecule has 0 saturated carbocycles. The summed E-state index contributed by atoms with van der Waals surface area (Å²) in [5.41, 5.74) is 0.550. The van der Waals surface area contributed by atoms with Gasteiger partial charge in [0.1, 0.15) is 17.9 Å². The highest BCUT2D eigenvalue weighted by molar-refractivity contribution is 7.10. The maximum Gasteiger partial charge on any atom is 0.138 e. The van der Waals surface area contributed by atoms with Crippen LogP contribution in [0.3, 0.4) is 0 Å². The fourth-order valence-corrected chi connectivity index (χ4v) is 2.64. The Morgan fingerprint density at radius 2 is 2.11 bits per heavy atom. The average molecular weight is 278 g/mol. The standard InChI is InChI=1S/C14H12ClNOS/c15-8-7-13(14-6-3-9-18-14)17-12-5-2-1-4-11(12)10-16/h1-6,9,13H,7-8H2. The highest BCUT2D eigenvalue weighted by Crippen LogP contribution is 2.30. The molecule has 0 saturated heterocycles. The molecule has 2 aromatic rings. The van der Waals surface area contributed by atoms with Crippen LogP contribution in [0, 0.1) is 11.3 Å². The summed E-state index contributed by atoms with van der Waals surface area (Å²) in [6.45, 7) is 0. The molecule has 2 nitrogen and oxygen atoms in total. The molecule has 1 aromatic carbocycles. The van der Waals surface area contributed by atoms with Crippen LogP contribution in [0.5, 0.6) is 5.75 Å². The molecule has 0 fully saturated rings. The first-order valence-electron chi connectivity index (χ1n) is 5.60. The Kier molecular flexibility index (Phi) is 4.63. The predicted molar refractivity (Wildman–Crippen MR) is 74.2 cm³/mol. The van der Waals surface area contributed by atoms with Crippen molar-refractivity contribution in [2.45, 2.75) is 12.5 Å². The van der Waals surface area contributed by atoms with Crippen molar-refractivity contribution in [3.05, 3.63) is 52.2 Å². The minimum atomic E-state index is -0.0861. The number of nitriles is 1. The molecule has 1 atom stereocenters. The maximum atomic E-state index is 9.04. The van der Waals surface area contributed by atoms with Crippen molar-refractivity contribution in [3.63, 3.8) is 0 Å². The third-order valence-electron chi connectivity index (χ3n) is 2.51. The summed E-state index contributed by atoms with van der Waals surface area (Å²) >= 11 is 7.45. The number of halogens is 1. The van der Waals surface area contributed by atoms with E-state index in [-0.39, 0.29) is 6.10 Å². The van der Waals surface area contributed by atoms with E-state index in [9.17, 15) is 0 Å². The van der Waals surface area contributed by atoms with Crippen molar-refractivity contribution in [1.29, 1.82) is 5.26 Å². The van der Waals surface area contributed by atoms with E-state index in [1.165, 1.54) is 0 Å². The van der Waals surface area contributed by atoms with Crippen LogP contribution in [-0.4, -0.2) is 5.88 Å². The molecule has 0 aliphatic heterocycles. The second kappa shape index (κ2) is 6.44. The Balaban J connectivity index is 2.22. The molecule has 0 bridgehead atoms. The van der Waals surface area contributed by atoms with Crippen LogP contribution in [0.15, 0.2) is 41.8 Å². The zero-order chi connectivity index (χ0) is 12.8. The minimum Gasteiger partial charge on any atom is -0.483 e.